The van der Waals surface area contributed by atoms with E-state index in [1.54, 1.807) is 23.5 Å². The predicted octanol–water partition coefficient (Wildman–Crippen LogP) is 5.74. The van der Waals surface area contributed by atoms with Crippen molar-refractivity contribution in [2.75, 3.05) is 12.5 Å². The van der Waals surface area contributed by atoms with Gasteiger partial charge in [0.1, 0.15) is 0 Å². The van der Waals surface area contributed by atoms with Gasteiger partial charge in [0.15, 0.2) is 0 Å². The molecule has 0 spiro atoms. The van der Waals surface area contributed by atoms with Gasteiger partial charge in [0.2, 0.25) is 0 Å². The van der Waals surface area contributed by atoms with Crippen molar-refractivity contribution in [3.8, 4) is 0 Å². The average molecular weight is 385 g/mol. The summed E-state index contributed by atoms with van der Waals surface area (Å²) in [5.41, 5.74) is 5.86. The molecule has 0 heterocycles. The molecule has 0 saturated heterocycles. The van der Waals surface area contributed by atoms with Crippen molar-refractivity contribution in [2.45, 2.75) is 9.79 Å². The van der Waals surface area contributed by atoms with Gasteiger partial charge in [-0.05, 0) is 70.0 Å². The second-order valence-electron chi connectivity index (χ2n) is 6.32. The van der Waals surface area contributed by atoms with Crippen LogP contribution in [0.15, 0.2) is 76.5 Å². The standard InChI is InChI=1S/C25H20S2/c1-26-24-16-20-9-5-3-4-8-18(20)14-22(24)12-13-23-15-19-10-6-7-11-21(19)17-25(23)27-2/h3-8,10-17H,1-2H3/b13-12+. The van der Waals surface area contributed by atoms with Crippen molar-refractivity contribution >= 4 is 58.3 Å². The molecule has 0 fully saturated rings. The Balaban J connectivity index is 1.83. The van der Waals surface area contributed by atoms with Crippen LogP contribution in [0.2, 0.25) is 0 Å². The van der Waals surface area contributed by atoms with Crippen LogP contribution in [0.1, 0.15) is 11.1 Å². The Morgan fingerprint density at radius 2 is 1.44 bits per heavy atom. The van der Waals surface area contributed by atoms with Crippen LogP contribution < -0.4 is 10.4 Å². The first-order valence-corrected chi connectivity index (χ1v) is 11.3. The summed E-state index contributed by atoms with van der Waals surface area (Å²) in [5.74, 6) is 0. The maximum Gasteiger partial charge on any atom is 0.0248 e. The molecule has 0 bridgehead atoms. The van der Waals surface area contributed by atoms with Crippen LogP contribution in [-0.2, 0) is 0 Å². The molecule has 3 aromatic rings. The van der Waals surface area contributed by atoms with Crippen LogP contribution in [0.3, 0.4) is 0 Å². The number of fused-ring (bicyclic) bond motifs is 2. The van der Waals surface area contributed by atoms with Gasteiger partial charge in [-0.15, -0.1) is 29.3 Å². The molecule has 1 aliphatic carbocycles. The fourth-order valence-corrected chi connectivity index (χ4v) is 4.47. The summed E-state index contributed by atoms with van der Waals surface area (Å²) in [6.45, 7) is 0. The maximum absolute atomic E-state index is 3.36. The lowest BCUT2D eigenvalue weighted by Crippen LogP contribution is -2.23. The lowest BCUT2D eigenvalue weighted by atomic mass is 10.1. The fourth-order valence-electron chi connectivity index (χ4n) is 3.26. The summed E-state index contributed by atoms with van der Waals surface area (Å²) in [5, 5.41) is 4.93. The molecule has 2 heteroatoms. The maximum atomic E-state index is 3.36. The van der Waals surface area contributed by atoms with Crippen molar-refractivity contribution in [2.24, 2.45) is 0 Å². The minimum atomic E-state index is 1.15. The topological polar surface area (TPSA) is 0 Å². The van der Waals surface area contributed by atoms with Crippen molar-refractivity contribution in [3.63, 3.8) is 0 Å². The molecule has 0 atom stereocenters. The van der Waals surface area contributed by atoms with Crippen molar-refractivity contribution in [3.05, 3.63) is 88.3 Å². The number of hydrogen-bond acceptors (Lipinski definition) is 2. The van der Waals surface area contributed by atoms with E-state index in [0.717, 1.165) is 5.22 Å². The Morgan fingerprint density at radius 3 is 2.19 bits per heavy atom. The monoisotopic (exact) mass is 384 g/mol. The smallest absolute Gasteiger partial charge is 0.0248 e. The summed E-state index contributed by atoms with van der Waals surface area (Å²) in [6.07, 6.45) is 17.0. The summed E-state index contributed by atoms with van der Waals surface area (Å²) in [6, 6.07) is 17.6. The van der Waals surface area contributed by atoms with E-state index in [2.05, 4.69) is 91.1 Å². The minimum Gasteiger partial charge on any atom is -0.129 e. The molecule has 1 aliphatic rings. The van der Waals surface area contributed by atoms with Crippen LogP contribution in [0.25, 0.3) is 34.7 Å². The van der Waals surface area contributed by atoms with E-state index in [1.165, 1.54) is 36.9 Å². The highest BCUT2D eigenvalue weighted by Crippen LogP contribution is 2.29. The average Bonchev–Trinajstić information content (AvgIpc) is 2.95. The lowest BCUT2D eigenvalue weighted by molar-refractivity contribution is 1.35. The van der Waals surface area contributed by atoms with Crippen molar-refractivity contribution < 1.29 is 0 Å². The van der Waals surface area contributed by atoms with Crippen molar-refractivity contribution in [1.29, 1.82) is 0 Å². The highest BCUT2D eigenvalue weighted by molar-refractivity contribution is 7.99. The Hall–Kier alpha value is -2.38. The molecule has 0 aliphatic heterocycles. The van der Waals surface area contributed by atoms with Gasteiger partial charge in [-0.3, -0.25) is 0 Å². The summed E-state index contributed by atoms with van der Waals surface area (Å²) in [4.78, 5) is 2.57. The highest BCUT2D eigenvalue weighted by Gasteiger charge is 2.04. The van der Waals surface area contributed by atoms with E-state index < -0.39 is 0 Å². The van der Waals surface area contributed by atoms with Crippen molar-refractivity contribution in [1.82, 2.24) is 0 Å². The Kier molecular flexibility index (Phi) is 5.40. The highest BCUT2D eigenvalue weighted by atomic mass is 32.2. The molecule has 4 rings (SSSR count). The molecular formula is C25H20S2. The van der Waals surface area contributed by atoms with Gasteiger partial charge in [-0.2, -0.15) is 0 Å². The molecular weight excluding hydrogens is 364 g/mol. The first kappa shape index (κ1) is 18.0. The molecule has 0 N–H and O–H groups in total. The van der Waals surface area contributed by atoms with Gasteiger partial charge in [0.25, 0.3) is 0 Å². The van der Waals surface area contributed by atoms with E-state index in [9.17, 15) is 0 Å². The van der Waals surface area contributed by atoms with Crippen LogP contribution in [0.5, 0.6) is 0 Å². The van der Waals surface area contributed by atoms with Gasteiger partial charge >= 0.3 is 0 Å². The fraction of sp³-hybridized carbons (Fsp3) is 0.0800. The first-order valence-electron chi connectivity index (χ1n) is 8.85. The SMILES string of the molecule is CSc1cc2c(cc1/C=C/c1cc3ccccc3cc1SC)=CC=CC=C=2. The molecule has 132 valence electrons. The van der Waals surface area contributed by atoms with Crippen LogP contribution in [-0.4, -0.2) is 12.5 Å². The van der Waals surface area contributed by atoms with Gasteiger partial charge in [0, 0.05) is 15.0 Å². The first-order chi connectivity index (χ1) is 13.3. The molecule has 0 radical (unpaired) electrons. The molecule has 0 nitrogen and oxygen atoms in total. The lowest BCUT2D eigenvalue weighted by Gasteiger charge is -2.07. The molecule has 0 amide bonds. The summed E-state index contributed by atoms with van der Waals surface area (Å²) in [7, 11) is 0. The van der Waals surface area contributed by atoms with Crippen LogP contribution in [0.4, 0.5) is 0 Å². The quantitative estimate of drug-likeness (QED) is 0.415. The zero-order valence-corrected chi connectivity index (χ0v) is 17.0. The minimum absolute atomic E-state index is 1.15. The third-order valence-corrected chi connectivity index (χ3v) is 6.25. The largest absolute Gasteiger partial charge is 0.129 e. The molecule has 0 unspecified atom stereocenters. The zero-order chi connectivity index (χ0) is 18.6. The zero-order valence-electron chi connectivity index (χ0n) is 15.4. The van der Waals surface area contributed by atoms with E-state index in [1.807, 2.05) is 12.2 Å². The summed E-state index contributed by atoms with van der Waals surface area (Å²) >= 11 is 3.57. The Labute approximate surface area is 168 Å². The summed E-state index contributed by atoms with van der Waals surface area (Å²) < 4.78 is 0. The molecule has 27 heavy (non-hydrogen) atoms. The van der Waals surface area contributed by atoms with E-state index in [-0.39, 0.29) is 0 Å². The molecule has 0 saturated carbocycles. The van der Waals surface area contributed by atoms with Gasteiger partial charge in [-0.25, -0.2) is 0 Å². The van der Waals surface area contributed by atoms with E-state index >= 15 is 0 Å². The van der Waals surface area contributed by atoms with Crippen LogP contribution >= 0.6 is 23.5 Å². The normalized spacial score (nSPS) is 12.7. The van der Waals surface area contributed by atoms with Gasteiger partial charge in [0.05, 0.1) is 0 Å². The second-order valence-corrected chi connectivity index (χ2v) is 8.01. The van der Waals surface area contributed by atoms with E-state index in [0.29, 0.717) is 0 Å². The van der Waals surface area contributed by atoms with Crippen LogP contribution in [0, 0.1) is 0 Å². The number of rotatable bonds is 4. The van der Waals surface area contributed by atoms with Gasteiger partial charge < -0.3 is 0 Å². The Morgan fingerprint density at radius 1 is 0.778 bits per heavy atom. The number of thioether (sulfide) groups is 2. The Bertz CT molecular complexity index is 1220. The number of allylic oxidation sites excluding steroid dienone is 3. The number of hydrogen-bond donors (Lipinski definition) is 0. The predicted molar refractivity (Wildman–Crippen MR) is 124 cm³/mol. The van der Waals surface area contributed by atoms with E-state index in [4.69, 9.17) is 0 Å². The molecule has 0 aromatic heterocycles. The number of benzene rings is 3. The molecule has 3 aromatic carbocycles. The van der Waals surface area contributed by atoms with Gasteiger partial charge in [-0.1, -0.05) is 54.6 Å². The second kappa shape index (κ2) is 8.10. The third kappa shape index (κ3) is 3.84. The third-order valence-electron chi connectivity index (χ3n) is 4.66.